The number of hydrogen-bond acceptors (Lipinski definition) is 3. The second-order valence-electron chi connectivity index (χ2n) is 6.93. The van der Waals surface area contributed by atoms with E-state index in [2.05, 4.69) is 69.5 Å². The number of aromatic amines is 1. The number of nitrogens with zero attached hydrogens (tertiary/aromatic N) is 2. The predicted molar refractivity (Wildman–Crippen MR) is 104 cm³/mol. The van der Waals surface area contributed by atoms with Crippen LogP contribution in [0.1, 0.15) is 24.1 Å². The highest BCUT2D eigenvalue weighted by molar-refractivity contribution is 5.63. The summed E-state index contributed by atoms with van der Waals surface area (Å²) in [5.74, 6) is 0. The van der Waals surface area contributed by atoms with Gasteiger partial charge in [0, 0.05) is 19.6 Å². The summed E-state index contributed by atoms with van der Waals surface area (Å²) in [6.07, 6.45) is 6.07. The third kappa shape index (κ3) is 4.40. The second kappa shape index (κ2) is 8.30. The molecule has 134 valence electrons. The lowest BCUT2D eigenvalue weighted by Crippen LogP contribution is -2.36. The number of likely N-dealkylation sites (tertiary alicyclic amines) is 1. The molecule has 4 nitrogen and oxygen atoms in total. The molecule has 0 amide bonds. The Balaban J connectivity index is 1.25. The lowest BCUT2D eigenvalue weighted by atomic mass is 10.0. The molecule has 0 atom stereocenters. The molecule has 1 aliphatic rings. The van der Waals surface area contributed by atoms with Crippen LogP contribution in [-0.4, -0.2) is 34.1 Å². The van der Waals surface area contributed by atoms with Crippen LogP contribution in [0.15, 0.2) is 67.1 Å². The Labute approximate surface area is 154 Å². The number of piperidine rings is 1. The van der Waals surface area contributed by atoms with E-state index in [-0.39, 0.29) is 0 Å². The topological polar surface area (TPSA) is 41.1 Å². The van der Waals surface area contributed by atoms with E-state index in [1.165, 1.54) is 16.7 Å². The maximum Gasteiger partial charge on any atom is 0.0922 e. The van der Waals surface area contributed by atoms with Gasteiger partial charge in [-0.15, -0.1) is 0 Å². The van der Waals surface area contributed by atoms with Crippen molar-refractivity contribution in [1.82, 2.24) is 14.9 Å². The van der Waals surface area contributed by atoms with Crippen LogP contribution in [0, 0.1) is 0 Å². The van der Waals surface area contributed by atoms with Gasteiger partial charge in [0.2, 0.25) is 0 Å². The SMILES string of the molecule is c1ccc(-c2ccc(CN3CCC(OCc4cnc[nH]4)CC3)cc2)cc1. The molecule has 0 aliphatic carbocycles. The maximum atomic E-state index is 5.99. The Morgan fingerprint density at radius 2 is 1.69 bits per heavy atom. The van der Waals surface area contributed by atoms with Crippen LogP contribution < -0.4 is 0 Å². The molecule has 2 aromatic carbocycles. The van der Waals surface area contributed by atoms with Crippen LogP contribution in [0.2, 0.25) is 0 Å². The number of aromatic nitrogens is 2. The normalized spacial score (nSPS) is 16.0. The first-order valence-corrected chi connectivity index (χ1v) is 9.32. The highest BCUT2D eigenvalue weighted by atomic mass is 16.5. The lowest BCUT2D eigenvalue weighted by Gasteiger charge is -2.31. The number of benzene rings is 2. The van der Waals surface area contributed by atoms with Gasteiger partial charge in [0.25, 0.3) is 0 Å². The number of imidazole rings is 1. The van der Waals surface area contributed by atoms with Gasteiger partial charge >= 0.3 is 0 Å². The standard InChI is InChI=1S/C22H25N3O/c1-2-4-19(5-3-1)20-8-6-18(7-9-20)15-25-12-10-22(11-13-25)26-16-21-14-23-17-24-21/h1-9,14,17,22H,10-13,15-16H2,(H,23,24). The van der Waals surface area contributed by atoms with Gasteiger partial charge in [-0.25, -0.2) is 4.98 Å². The minimum Gasteiger partial charge on any atom is -0.372 e. The van der Waals surface area contributed by atoms with E-state index in [0.29, 0.717) is 12.7 Å². The molecule has 0 bridgehead atoms. The monoisotopic (exact) mass is 347 g/mol. The van der Waals surface area contributed by atoms with Crippen molar-refractivity contribution in [3.05, 3.63) is 78.4 Å². The molecule has 0 radical (unpaired) electrons. The summed E-state index contributed by atoms with van der Waals surface area (Å²) in [7, 11) is 0. The number of ether oxygens (including phenoxy) is 1. The average molecular weight is 347 g/mol. The Kier molecular flexibility index (Phi) is 5.43. The molecule has 0 unspecified atom stereocenters. The summed E-state index contributed by atoms with van der Waals surface area (Å²) in [6.45, 7) is 3.83. The Bertz CT molecular complexity index is 776. The minimum absolute atomic E-state index is 0.356. The molecular formula is C22H25N3O. The molecule has 1 saturated heterocycles. The molecular weight excluding hydrogens is 322 g/mol. The summed E-state index contributed by atoms with van der Waals surface area (Å²) in [5, 5.41) is 0. The van der Waals surface area contributed by atoms with Crippen LogP contribution >= 0.6 is 0 Å². The fraction of sp³-hybridized carbons (Fsp3) is 0.318. The van der Waals surface area contributed by atoms with Crippen molar-refractivity contribution in [2.75, 3.05) is 13.1 Å². The predicted octanol–water partition coefficient (Wildman–Crippen LogP) is 4.26. The molecule has 0 spiro atoms. The zero-order chi connectivity index (χ0) is 17.6. The largest absolute Gasteiger partial charge is 0.372 e. The van der Waals surface area contributed by atoms with Crippen LogP contribution in [0.5, 0.6) is 0 Å². The van der Waals surface area contributed by atoms with E-state index < -0.39 is 0 Å². The van der Waals surface area contributed by atoms with Gasteiger partial charge in [0.1, 0.15) is 0 Å². The van der Waals surface area contributed by atoms with Gasteiger partial charge in [-0.2, -0.15) is 0 Å². The molecule has 3 aromatic rings. The molecule has 1 fully saturated rings. The van der Waals surface area contributed by atoms with Crippen molar-refractivity contribution in [2.45, 2.75) is 32.1 Å². The summed E-state index contributed by atoms with van der Waals surface area (Å²) >= 11 is 0. The zero-order valence-corrected chi connectivity index (χ0v) is 15.0. The first-order valence-electron chi connectivity index (χ1n) is 9.32. The van der Waals surface area contributed by atoms with Crippen LogP contribution in [0.25, 0.3) is 11.1 Å². The van der Waals surface area contributed by atoms with Crippen molar-refractivity contribution in [3.63, 3.8) is 0 Å². The zero-order valence-electron chi connectivity index (χ0n) is 15.0. The van der Waals surface area contributed by atoms with Crippen molar-refractivity contribution in [1.29, 1.82) is 0 Å². The average Bonchev–Trinajstić information content (AvgIpc) is 3.22. The molecule has 0 saturated carbocycles. The summed E-state index contributed by atoms with van der Waals surface area (Å²) in [6, 6.07) is 19.5. The van der Waals surface area contributed by atoms with Gasteiger partial charge in [-0.3, -0.25) is 4.90 Å². The third-order valence-electron chi connectivity index (χ3n) is 5.03. The van der Waals surface area contributed by atoms with E-state index in [0.717, 1.165) is 38.2 Å². The summed E-state index contributed by atoms with van der Waals surface area (Å²) < 4.78 is 5.99. The van der Waals surface area contributed by atoms with E-state index >= 15 is 0 Å². The van der Waals surface area contributed by atoms with E-state index in [1.54, 1.807) is 6.33 Å². The summed E-state index contributed by atoms with van der Waals surface area (Å²) in [5.41, 5.74) is 4.97. The number of hydrogen-bond donors (Lipinski definition) is 1. The first-order chi connectivity index (χ1) is 12.9. The van der Waals surface area contributed by atoms with Gasteiger partial charge in [-0.05, 0) is 29.5 Å². The summed E-state index contributed by atoms with van der Waals surface area (Å²) in [4.78, 5) is 9.64. The third-order valence-corrected chi connectivity index (χ3v) is 5.03. The van der Waals surface area contributed by atoms with E-state index in [1.807, 2.05) is 6.20 Å². The van der Waals surface area contributed by atoms with Gasteiger partial charge in [0.05, 0.1) is 30.9 Å². The number of nitrogens with one attached hydrogen (secondary N) is 1. The maximum absolute atomic E-state index is 5.99. The van der Waals surface area contributed by atoms with E-state index in [9.17, 15) is 0 Å². The quantitative estimate of drug-likeness (QED) is 0.724. The minimum atomic E-state index is 0.356. The van der Waals surface area contributed by atoms with Crippen LogP contribution in [0.3, 0.4) is 0 Å². The molecule has 1 aliphatic heterocycles. The molecule has 1 aromatic heterocycles. The van der Waals surface area contributed by atoms with Gasteiger partial charge in [0.15, 0.2) is 0 Å². The van der Waals surface area contributed by atoms with Crippen molar-refractivity contribution in [2.24, 2.45) is 0 Å². The lowest BCUT2D eigenvalue weighted by molar-refractivity contribution is -0.00510. The van der Waals surface area contributed by atoms with Crippen molar-refractivity contribution < 1.29 is 4.74 Å². The Morgan fingerprint density at radius 3 is 2.38 bits per heavy atom. The number of rotatable bonds is 6. The van der Waals surface area contributed by atoms with Crippen LogP contribution in [0.4, 0.5) is 0 Å². The van der Waals surface area contributed by atoms with Crippen molar-refractivity contribution in [3.8, 4) is 11.1 Å². The Hall–Kier alpha value is -2.43. The molecule has 26 heavy (non-hydrogen) atoms. The fourth-order valence-electron chi connectivity index (χ4n) is 3.50. The molecule has 4 rings (SSSR count). The second-order valence-corrected chi connectivity index (χ2v) is 6.93. The highest BCUT2D eigenvalue weighted by Crippen LogP contribution is 2.21. The first kappa shape index (κ1) is 17.0. The van der Waals surface area contributed by atoms with Gasteiger partial charge in [-0.1, -0.05) is 54.6 Å². The molecule has 4 heteroatoms. The smallest absolute Gasteiger partial charge is 0.0922 e. The highest BCUT2D eigenvalue weighted by Gasteiger charge is 2.19. The number of H-pyrrole nitrogens is 1. The fourth-order valence-corrected chi connectivity index (χ4v) is 3.50. The molecule has 2 heterocycles. The van der Waals surface area contributed by atoms with Gasteiger partial charge < -0.3 is 9.72 Å². The molecule has 1 N–H and O–H groups in total. The van der Waals surface area contributed by atoms with Crippen molar-refractivity contribution >= 4 is 0 Å². The van der Waals surface area contributed by atoms with Crippen LogP contribution in [-0.2, 0) is 17.9 Å². The Morgan fingerprint density at radius 1 is 0.962 bits per heavy atom. The van der Waals surface area contributed by atoms with E-state index in [4.69, 9.17) is 4.74 Å².